The van der Waals surface area contributed by atoms with E-state index < -0.39 is 11.9 Å². The summed E-state index contributed by atoms with van der Waals surface area (Å²) in [7, 11) is 0. The van der Waals surface area contributed by atoms with Crippen molar-refractivity contribution in [1.82, 2.24) is 19.7 Å². The molecule has 2 heterocycles. The highest BCUT2D eigenvalue weighted by atomic mass is 35.5. The van der Waals surface area contributed by atoms with E-state index in [9.17, 15) is 0 Å². The molecule has 0 atom stereocenters. The van der Waals surface area contributed by atoms with Gasteiger partial charge in [0.2, 0.25) is 5.16 Å². The number of hydrogen-bond donors (Lipinski definition) is 2. The first-order valence-corrected chi connectivity index (χ1v) is 13.2. The van der Waals surface area contributed by atoms with Gasteiger partial charge in [-0.25, -0.2) is 19.3 Å². The van der Waals surface area contributed by atoms with Gasteiger partial charge in [0.05, 0.1) is 15.7 Å². The van der Waals surface area contributed by atoms with Crippen molar-refractivity contribution >= 4 is 46.9 Å². The second-order valence-electron chi connectivity index (χ2n) is 8.29. The summed E-state index contributed by atoms with van der Waals surface area (Å²) in [4.78, 5) is 25.4. The van der Waals surface area contributed by atoms with Crippen molar-refractivity contribution in [3.63, 3.8) is 0 Å². The molecule has 0 saturated carbocycles. The van der Waals surface area contributed by atoms with E-state index in [1.54, 1.807) is 17.8 Å². The Morgan fingerprint density at radius 3 is 2.31 bits per heavy atom. The maximum atomic E-state index is 9.10. The van der Waals surface area contributed by atoms with E-state index in [1.165, 1.54) is 31.5 Å². The SMILES string of the molecule is Cc1nc(SCCCN2CCC(c3ccccc3)CC2)nn1-c1ccc(Cl)c(Cl)c1.O=C(O)C(=O)O. The van der Waals surface area contributed by atoms with Gasteiger partial charge in [0.1, 0.15) is 5.82 Å². The molecule has 11 heteroatoms. The lowest BCUT2D eigenvalue weighted by Crippen LogP contribution is -2.33. The van der Waals surface area contributed by atoms with Gasteiger partial charge in [-0.15, -0.1) is 5.10 Å². The molecule has 4 rings (SSSR count). The molecule has 0 radical (unpaired) electrons. The van der Waals surface area contributed by atoms with Gasteiger partial charge in [0, 0.05) is 5.75 Å². The van der Waals surface area contributed by atoms with E-state index in [2.05, 4.69) is 45.3 Å². The summed E-state index contributed by atoms with van der Waals surface area (Å²) >= 11 is 13.9. The number of carboxylic acid groups (broad SMARTS) is 2. The van der Waals surface area contributed by atoms with Gasteiger partial charge in [-0.05, 0) is 75.5 Å². The molecule has 0 amide bonds. The predicted molar refractivity (Wildman–Crippen MR) is 142 cm³/mol. The smallest absolute Gasteiger partial charge is 0.414 e. The van der Waals surface area contributed by atoms with Crippen molar-refractivity contribution in [1.29, 1.82) is 0 Å². The fourth-order valence-corrected chi connectivity index (χ4v) is 5.04. The number of carbonyl (C=O) groups is 2. The van der Waals surface area contributed by atoms with Crippen LogP contribution in [0, 0.1) is 6.92 Å². The number of hydrogen-bond acceptors (Lipinski definition) is 6. The molecule has 1 aliphatic heterocycles. The highest BCUT2D eigenvalue weighted by Crippen LogP contribution is 2.28. The fourth-order valence-electron chi connectivity index (χ4n) is 3.96. The minimum absolute atomic E-state index is 0.523. The van der Waals surface area contributed by atoms with Gasteiger partial charge in [-0.1, -0.05) is 65.3 Å². The van der Waals surface area contributed by atoms with E-state index in [0.29, 0.717) is 16.0 Å². The summed E-state index contributed by atoms with van der Waals surface area (Å²) in [6.45, 7) is 5.47. The molecule has 192 valence electrons. The van der Waals surface area contributed by atoms with Crippen LogP contribution in [-0.4, -0.2) is 67.2 Å². The van der Waals surface area contributed by atoms with Gasteiger partial charge in [0.15, 0.2) is 0 Å². The first-order chi connectivity index (χ1) is 17.2. The van der Waals surface area contributed by atoms with Crippen LogP contribution in [0.3, 0.4) is 0 Å². The second kappa shape index (κ2) is 13.6. The summed E-state index contributed by atoms with van der Waals surface area (Å²) < 4.78 is 1.82. The largest absolute Gasteiger partial charge is 0.473 e. The van der Waals surface area contributed by atoms with Crippen molar-refractivity contribution in [3.8, 4) is 5.69 Å². The number of aromatic nitrogens is 3. The summed E-state index contributed by atoms with van der Waals surface area (Å²) in [6.07, 6.45) is 3.65. The van der Waals surface area contributed by atoms with Crippen LogP contribution >= 0.6 is 35.0 Å². The van der Waals surface area contributed by atoms with Gasteiger partial charge in [-0.2, -0.15) is 0 Å². The monoisotopic (exact) mass is 550 g/mol. The van der Waals surface area contributed by atoms with Crippen molar-refractivity contribution in [2.24, 2.45) is 0 Å². The van der Waals surface area contributed by atoms with Crippen molar-refractivity contribution < 1.29 is 19.8 Å². The zero-order chi connectivity index (χ0) is 26.1. The minimum atomic E-state index is -1.82. The van der Waals surface area contributed by atoms with Gasteiger partial charge in [-0.3, -0.25) is 0 Å². The number of likely N-dealkylation sites (tertiary alicyclic amines) is 1. The molecular weight excluding hydrogens is 523 g/mol. The molecule has 3 aromatic rings. The van der Waals surface area contributed by atoms with Gasteiger partial charge >= 0.3 is 11.9 Å². The first-order valence-electron chi connectivity index (χ1n) is 11.5. The lowest BCUT2D eigenvalue weighted by molar-refractivity contribution is -0.159. The van der Waals surface area contributed by atoms with Gasteiger partial charge in [0.25, 0.3) is 0 Å². The summed E-state index contributed by atoms with van der Waals surface area (Å²) in [5.41, 5.74) is 2.37. The minimum Gasteiger partial charge on any atom is -0.473 e. The maximum Gasteiger partial charge on any atom is 0.414 e. The summed E-state index contributed by atoms with van der Waals surface area (Å²) in [5.74, 6) is -1.07. The average molecular weight is 551 g/mol. The normalized spacial score (nSPS) is 14.2. The Kier molecular flexibility index (Phi) is 10.6. The number of halogens is 2. The number of carboxylic acids is 2. The van der Waals surface area contributed by atoms with Crippen LogP contribution in [0.25, 0.3) is 5.69 Å². The average Bonchev–Trinajstić information content (AvgIpc) is 3.25. The molecule has 8 nitrogen and oxygen atoms in total. The lowest BCUT2D eigenvalue weighted by Gasteiger charge is -2.32. The van der Waals surface area contributed by atoms with Crippen LogP contribution in [0.1, 0.15) is 36.6 Å². The van der Waals surface area contributed by atoms with Gasteiger partial charge < -0.3 is 15.1 Å². The van der Waals surface area contributed by atoms with Crippen LogP contribution in [-0.2, 0) is 9.59 Å². The molecule has 1 aromatic heterocycles. The number of benzene rings is 2. The Hall–Kier alpha value is -2.59. The Balaban J connectivity index is 0.000000538. The zero-order valence-corrected chi connectivity index (χ0v) is 22.1. The maximum absolute atomic E-state index is 9.10. The van der Waals surface area contributed by atoms with Crippen molar-refractivity contribution in [3.05, 3.63) is 70.0 Å². The highest BCUT2D eigenvalue weighted by molar-refractivity contribution is 7.99. The standard InChI is InChI=1S/C23H26Cl2N4S.C2H2O4/c1-17-26-23(27-29(17)20-8-9-21(24)22(25)16-20)30-15-5-12-28-13-10-19(11-14-28)18-6-3-2-4-7-18;3-1(4)2(5)6/h2-4,6-9,16,19H,5,10-15H2,1H3;(H,3,4)(H,5,6). The van der Waals surface area contributed by atoms with Crippen LogP contribution in [0.15, 0.2) is 53.7 Å². The topological polar surface area (TPSA) is 109 Å². The lowest BCUT2D eigenvalue weighted by atomic mass is 9.89. The third kappa shape index (κ3) is 8.23. The Bertz CT molecular complexity index is 1160. The molecule has 1 fully saturated rings. The highest BCUT2D eigenvalue weighted by Gasteiger charge is 2.20. The number of rotatable bonds is 7. The zero-order valence-electron chi connectivity index (χ0n) is 19.8. The van der Waals surface area contributed by atoms with Crippen LogP contribution < -0.4 is 0 Å². The molecule has 0 bridgehead atoms. The molecule has 1 aliphatic rings. The Morgan fingerprint density at radius 2 is 1.69 bits per heavy atom. The van der Waals surface area contributed by atoms with Crippen LogP contribution in [0.4, 0.5) is 0 Å². The van der Waals surface area contributed by atoms with E-state index in [0.717, 1.165) is 35.4 Å². The van der Waals surface area contributed by atoms with E-state index >= 15 is 0 Å². The van der Waals surface area contributed by atoms with Crippen molar-refractivity contribution in [2.45, 2.75) is 37.3 Å². The first kappa shape index (κ1) is 28.0. The molecule has 2 aromatic carbocycles. The fraction of sp³-hybridized carbons (Fsp3) is 0.360. The summed E-state index contributed by atoms with van der Waals surface area (Å²) in [6, 6.07) is 16.4. The quantitative estimate of drug-likeness (QED) is 0.228. The van der Waals surface area contributed by atoms with E-state index in [1.807, 2.05) is 23.7 Å². The number of piperidine rings is 1. The number of aliphatic carboxylic acids is 2. The van der Waals surface area contributed by atoms with E-state index in [4.69, 9.17) is 43.0 Å². The molecule has 36 heavy (non-hydrogen) atoms. The number of aryl methyl sites for hydroxylation is 1. The van der Waals surface area contributed by atoms with Crippen LogP contribution in [0.2, 0.25) is 10.0 Å². The van der Waals surface area contributed by atoms with Crippen molar-refractivity contribution in [2.75, 3.05) is 25.4 Å². The second-order valence-corrected chi connectivity index (χ2v) is 10.2. The Labute approximate surface area is 224 Å². The van der Waals surface area contributed by atoms with E-state index in [-0.39, 0.29) is 0 Å². The molecule has 0 unspecified atom stereocenters. The molecular formula is C25H28Cl2N4O4S. The third-order valence-corrected chi connectivity index (χ3v) is 7.45. The molecule has 0 aliphatic carbocycles. The predicted octanol–water partition coefficient (Wildman–Crippen LogP) is 5.40. The number of thioether (sulfide) groups is 1. The number of nitrogens with zero attached hydrogens (tertiary/aromatic N) is 4. The Morgan fingerprint density at radius 1 is 1.03 bits per heavy atom. The molecule has 2 N–H and O–H groups in total. The summed E-state index contributed by atoms with van der Waals surface area (Å²) in [5, 5.41) is 21.3. The third-order valence-electron chi connectivity index (χ3n) is 5.79. The molecule has 1 saturated heterocycles. The van der Waals surface area contributed by atoms with Crippen LogP contribution in [0.5, 0.6) is 0 Å². The molecule has 0 spiro atoms.